The van der Waals surface area contributed by atoms with Gasteiger partial charge in [0.15, 0.2) is 6.79 Å². The van der Waals surface area contributed by atoms with Crippen LogP contribution in [0.1, 0.15) is 53.4 Å². The predicted octanol–water partition coefficient (Wildman–Crippen LogP) is 3.66. The van der Waals surface area contributed by atoms with Crippen LogP contribution in [0.25, 0.3) is 0 Å². The molecule has 0 bridgehead atoms. The summed E-state index contributed by atoms with van der Waals surface area (Å²) in [6, 6.07) is 0. The van der Waals surface area contributed by atoms with Gasteiger partial charge in [0.05, 0.1) is 6.61 Å². The molecule has 0 saturated heterocycles. The normalized spacial score (nSPS) is 11.7. The molecule has 0 atom stereocenters. The van der Waals surface area contributed by atoms with E-state index < -0.39 is 0 Å². The van der Waals surface area contributed by atoms with Gasteiger partial charge >= 0.3 is 5.97 Å². The Bertz CT molecular complexity index is 259. The monoisotopic (exact) mass is 272 g/mol. The molecule has 4 heteroatoms. The van der Waals surface area contributed by atoms with Crippen LogP contribution >= 0.6 is 0 Å². The first-order valence-electron chi connectivity index (χ1n) is 7.09. The minimum absolute atomic E-state index is 0.0197. The first kappa shape index (κ1) is 18.0. The smallest absolute Gasteiger partial charge is 0.304 e. The quantitative estimate of drug-likeness (QED) is 0.249. The van der Waals surface area contributed by atoms with Crippen LogP contribution in [0.4, 0.5) is 0 Å². The van der Waals surface area contributed by atoms with Gasteiger partial charge in [0.25, 0.3) is 0 Å². The molecule has 0 aromatic carbocycles. The number of allylic oxidation sites excluding steroid dienone is 1. The Morgan fingerprint density at radius 2 is 2.00 bits per heavy atom. The highest BCUT2D eigenvalue weighted by atomic mass is 16.7. The molecule has 0 amide bonds. The van der Waals surface area contributed by atoms with Crippen LogP contribution in [0.15, 0.2) is 11.8 Å². The van der Waals surface area contributed by atoms with Crippen molar-refractivity contribution in [1.29, 1.82) is 0 Å². The molecule has 19 heavy (non-hydrogen) atoms. The number of carbonyl (C=O) groups is 1. The molecule has 0 radical (unpaired) electrons. The lowest BCUT2D eigenvalue weighted by atomic mass is 10.1. The van der Waals surface area contributed by atoms with Crippen molar-refractivity contribution in [2.75, 3.05) is 20.0 Å². The van der Waals surface area contributed by atoms with Gasteiger partial charge in [-0.2, -0.15) is 0 Å². The lowest BCUT2D eigenvalue weighted by Crippen LogP contribution is -2.09. The van der Waals surface area contributed by atoms with Gasteiger partial charge in [-0.25, -0.2) is 0 Å². The van der Waals surface area contributed by atoms with E-state index in [-0.39, 0.29) is 12.8 Å². The highest BCUT2D eigenvalue weighted by Gasteiger charge is 2.01. The molecule has 0 aromatic rings. The molecule has 0 heterocycles. The van der Waals surface area contributed by atoms with E-state index in [0.717, 1.165) is 31.4 Å². The zero-order valence-corrected chi connectivity index (χ0v) is 12.7. The Balaban J connectivity index is 3.85. The van der Waals surface area contributed by atoms with Crippen molar-refractivity contribution in [3.63, 3.8) is 0 Å². The van der Waals surface area contributed by atoms with Crippen LogP contribution in [0.3, 0.4) is 0 Å². The number of rotatable bonds is 11. The zero-order valence-electron chi connectivity index (χ0n) is 12.7. The molecule has 0 aliphatic heterocycles. The minimum atomic E-state index is -0.336. The van der Waals surface area contributed by atoms with Crippen molar-refractivity contribution in [2.24, 2.45) is 5.92 Å². The third-order valence-corrected chi connectivity index (χ3v) is 2.46. The average Bonchev–Trinajstić information content (AvgIpc) is 2.34. The maximum Gasteiger partial charge on any atom is 0.304 e. The van der Waals surface area contributed by atoms with Crippen LogP contribution in [-0.2, 0) is 19.0 Å². The van der Waals surface area contributed by atoms with E-state index in [1.807, 2.05) is 6.08 Å². The first-order valence-corrected chi connectivity index (χ1v) is 7.09. The largest absolute Gasteiger partial charge is 0.496 e. The molecule has 0 spiro atoms. The summed E-state index contributed by atoms with van der Waals surface area (Å²) < 4.78 is 15.7. The zero-order chi connectivity index (χ0) is 14.5. The summed E-state index contributed by atoms with van der Waals surface area (Å²) in [5.41, 5.74) is 0. The topological polar surface area (TPSA) is 44.8 Å². The summed E-state index contributed by atoms with van der Waals surface area (Å²) in [5, 5.41) is 0. The van der Waals surface area contributed by atoms with Crippen LogP contribution in [0.5, 0.6) is 0 Å². The Morgan fingerprint density at radius 1 is 1.26 bits per heavy atom. The lowest BCUT2D eigenvalue weighted by molar-refractivity contribution is -0.153. The van der Waals surface area contributed by atoms with Crippen LogP contribution in [-0.4, -0.2) is 26.0 Å². The van der Waals surface area contributed by atoms with E-state index in [4.69, 9.17) is 14.2 Å². The second kappa shape index (κ2) is 12.0. The van der Waals surface area contributed by atoms with Crippen LogP contribution in [0.2, 0.25) is 0 Å². The number of unbranched alkanes of at least 4 members (excludes halogenated alkanes) is 1. The van der Waals surface area contributed by atoms with Gasteiger partial charge in [-0.1, -0.05) is 27.2 Å². The number of esters is 1. The molecular formula is C15H28O4. The molecule has 0 aliphatic rings. The molecule has 4 nitrogen and oxygen atoms in total. The highest BCUT2D eigenvalue weighted by Crippen LogP contribution is 2.07. The lowest BCUT2D eigenvalue weighted by Gasteiger charge is -2.12. The molecule has 0 unspecified atom stereocenters. The number of hydrogen-bond acceptors (Lipinski definition) is 4. The second-order valence-electron chi connectivity index (χ2n) is 4.95. The van der Waals surface area contributed by atoms with E-state index in [1.165, 1.54) is 6.92 Å². The highest BCUT2D eigenvalue weighted by molar-refractivity contribution is 5.65. The van der Waals surface area contributed by atoms with Crippen molar-refractivity contribution in [3.05, 3.63) is 11.8 Å². The predicted molar refractivity (Wildman–Crippen MR) is 75.6 cm³/mol. The maximum absolute atomic E-state index is 10.6. The SMILES string of the molecule is CCC/C=C(/COCOC(C)=O)OCCCC(C)C. The minimum Gasteiger partial charge on any atom is -0.496 e. The van der Waals surface area contributed by atoms with Crippen LogP contribution < -0.4 is 0 Å². The molecular weight excluding hydrogens is 244 g/mol. The third kappa shape index (κ3) is 13.2. The van der Waals surface area contributed by atoms with Gasteiger partial charge in [-0.15, -0.1) is 0 Å². The molecule has 0 aliphatic carbocycles. The van der Waals surface area contributed by atoms with Gasteiger partial charge in [0.1, 0.15) is 12.4 Å². The Hall–Kier alpha value is -1.03. The first-order chi connectivity index (χ1) is 9.06. The average molecular weight is 272 g/mol. The Kier molecular flexibility index (Phi) is 11.4. The summed E-state index contributed by atoms with van der Waals surface area (Å²) in [6.45, 7) is 8.94. The second-order valence-corrected chi connectivity index (χ2v) is 4.95. The van der Waals surface area contributed by atoms with Crippen molar-refractivity contribution in [1.82, 2.24) is 0 Å². The summed E-state index contributed by atoms with van der Waals surface area (Å²) >= 11 is 0. The molecule has 0 fully saturated rings. The summed E-state index contributed by atoms with van der Waals surface area (Å²) in [6.07, 6.45) is 6.29. The molecule has 0 rings (SSSR count). The molecule has 0 aromatic heterocycles. The number of carbonyl (C=O) groups excluding carboxylic acids is 1. The molecule has 112 valence electrons. The van der Waals surface area contributed by atoms with Gasteiger partial charge in [-0.05, 0) is 31.3 Å². The Labute approximate surface area is 117 Å². The number of ether oxygens (including phenoxy) is 3. The number of hydrogen-bond donors (Lipinski definition) is 0. The molecule has 0 N–H and O–H groups in total. The van der Waals surface area contributed by atoms with Crippen LogP contribution in [0, 0.1) is 5.92 Å². The van der Waals surface area contributed by atoms with Crippen molar-refractivity contribution in [3.8, 4) is 0 Å². The standard InChI is InChI=1S/C15H28O4/c1-5-6-9-15(11-17-12-19-14(4)16)18-10-7-8-13(2)3/h9,13H,5-8,10-12H2,1-4H3/b15-9-. The fraction of sp³-hybridized carbons (Fsp3) is 0.800. The van der Waals surface area contributed by atoms with Crippen molar-refractivity contribution in [2.45, 2.75) is 53.4 Å². The third-order valence-electron chi connectivity index (χ3n) is 2.46. The maximum atomic E-state index is 10.6. The van der Waals surface area contributed by atoms with Crippen molar-refractivity contribution < 1.29 is 19.0 Å². The summed E-state index contributed by atoms with van der Waals surface area (Å²) in [4.78, 5) is 10.6. The molecule has 0 saturated carbocycles. The fourth-order valence-corrected chi connectivity index (χ4v) is 1.43. The van der Waals surface area contributed by atoms with E-state index in [2.05, 4.69) is 20.8 Å². The van der Waals surface area contributed by atoms with E-state index in [0.29, 0.717) is 19.1 Å². The summed E-state index contributed by atoms with van der Waals surface area (Å²) in [5.74, 6) is 1.20. The van der Waals surface area contributed by atoms with Gasteiger partial charge < -0.3 is 14.2 Å². The van der Waals surface area contributed by atoms with E-state index in [9.17, 15) is 4.79 Å². The van der Waals surface area contributed by atoms with E-state index in [1.54, 1.807) is 0 Å². The van der Waals surface area contributed by atoms with Crippen molar-refractivity contribution >= 4 is 5.97 Å². The Morgan fingerprint density at radius 3 is 2.58 bits per heavy atom. The van der Waals surface area contributed by atoms with E-state index >= 15 is 0 Å². The van der Waals surface area contributed by atoms with Gasteiger partial charge in [-0.3, -0.25) is 4.79 Å². The summed E-state index contributed by atoms with van der Waals surface area (Å²) in [7, 11) is 0. The van der Waals surface area contributed by atoms with Gasteiger partial charge in [0, 0.05) is 6.92 Å². The van der Waals surface area contributed by atoms with Gasteiger partial charge in [0.2, 0.25) is 0 Å². The fourth-order valence-electron chi connectivity index (χ4n) is 1.43.